The maximum absolute atomic E-state index is 12.3. The average Bonchev–Trinajstić information content (AvgIpc) is 3.19. The Kier molecular flexibility index (Phi) is 46.3. The Morgan fingerprint density at radius 2 is 0.709 bits per heavy atom. The monoisotopic (exact) mass is 774 g/mol. The molecule has 0 rings (SSSR count). The normalized spacial score (nSPS) is 13.0. The first-order valence-corrected chi connectivity index (χ1v) is 25.1. The Labute approximate surface area is 345 Å². The zero-order valence-corrected chi connectivity index (χ0v) is 37.5. The molecule has 4 nitrogen and oxygen atoms in total. The molecule has 326 valence electrons. The lowest BCUT2D eigenvalue weighted by Crippen LogP contribution is -2.45. The zero-order chi connectivity index (χ0) is 40.0. The van der Waals surface area contributed by atoms with E-state index in [9.17, 15) is 15.0 Å². The van der Waals surface area contributed by atoms with Crippen LogP contribution >= 0.6 is 0 Å². The van der Waals surface area contributed by atoms with Crippen LogP contribution in [-0.2, 0) is 4.79 Å². The van der Waals surface area contributed by atoms with E-state index in [1.165, 1.54) is 225 Å². The van der Waals surface area contributed by atoms with Crippen molar-refractivity contribution >= 4 is 5.91 Å². The fourth-order valence-electron chi connectivity index (χ4n) is 7.84. The van der Waals surface area contributed by atoms with Gasteiger partial charge in [0.2, 0.25) is 5.91 Å². The van der Waals surface area contributed by atoms with Gasteiger partial charge in [-0.15, -0.1) is 0 Å². The molecular weight excluding hydrogens is 675 g/mol. The molecule has 0 bridgehead atoms. The van der Waals surface area contributed by atoms with E-state index in [-0.39, 0.29) is 12.5 Å². The summed E-state index contributed by atoms with van der Waals surface area (Å²) in [6.45, 7) is 4.30. The van der Waals surface area contributed by atoms with E-state index in [4.69, 9.17) is 0 Å². The predicted octanol–water partition coefficient (Wildman–Crippen LogP) is 16.0. The maximum atomic E-state index is 12.3. The molecule has 0 fully saturated rings. The summed E-state index contributed by atoms with van der Waals surface area (Å²) in [7, 11) is 0. The smallest absolute Gasteiger partial charge is 0.220 e. The third kappa shape index (κ3) is 43.8. The van der Waals surface area contributed by atoms with Gasteiger partial charge in [-0.1, -0.05) is 263 Å². The topological polar surface area (TPSA) is 69.6 Å². The van der Waals surface area contributed by atoms with Crippen molar-refractivity contribution < 1.29 is 15.0 Å². The van der Waals surface area contributed by atoms with Crippen LogP contribution in [0.2, 0.25) is 0 Å². The van der Waals surface area contributed by atoms with E-state index < -0.39 is 12.1 Å². The standard InChI is InChI=1S/C51H99NO3/c1-3-5-7-9-11-13-15-16-17-18-19-20-21-22-23-24-25-26-27-28-29-30-31-32-33-34-35-37-38-40-42-44-46-50(54)49(48-53)52-51(55)47-45-43-41-39-36-14-12-10-8-6-4-2/h37-38,44,46,49-50,53-54H,3-36,39-43,45,47-48H2,1-2H3,(H,52,55)/b38-37+,46-44+. The number of aliphatic hydroxyl groups is 2. The van der Waals surface area contributed by atoms with Gasteiger partial charge >= 0.3 is 0 Å². The Bertz CT molecular complexity index is 795. The van der Waals surface area contributed by atoms with Gasteiger partial charge in [0.15, 0.2) is 0 Å². The van der Waals surface area contributed by atoms with Crippen molar-refractivity contribution in [3.05, 3.63) is 24.3 Å². The second-order valence-corrected chi connectivity index (χ2v) is 17.2. The van der Waals surface area contributed by atoms with Crippen LogP contribution in [-0.4, -0.2) is 34.9 Å². The van der Waals surface area contributed by atoms with Crippen LogP contribution < -0.4 is 5.32 Å². The van der Waals surface area contributed by atoms with E-state index in [0.717, 1.165) is 32.1 Å². The lowest BCUT2D eigenvalue weighted by atomic mass is 10.0. The highest BCUT2D eigenvalue weighted by Crippen LogP contribution is 2.17. The lowest BCUT2D eigenvalue weighted by molar-refractivity contribution is -0.123. The largest absolute Gasteiger partial charge is 0.394 e. The van der Waals surface area contributed by atoms with Gasteiger partial charge in [0, 0.05) is 6.42 Å². The molecule has 0 aromatic rings. The number of allylic oxidation sites excluding steroid dienone is 3. The van der Waals surface area contributed by atoms with Crippen molar-refractivity contribution in [2.45, 2.75) is 289 Å². The molecule has 0 aliphatic rings. The van der Waals surface area contributed by atoms with Gasteiger partial charge in [0.05, 0.1) is 18.8 Å². The highest BCUT2D eigenvalue weighted by Gasteiger charge is 2.17. The minimum Gasteiger partial charge on any atom is -0.394 e. The number of unbranched alkanes of at least 4 members (excludes halogenated alkanes) is 37. The van der Waals surface area contributed by atoms with Crippen molar-refractivity contribution in [2.75, 3.05) is 6.61 Å². The lowest BCUT2D eigenvalue weighted by Gasteiger charge is -2.19. The van der Waals surface area contributed by atoms with Crippen molar-refractivity contribution in [1.29, 1.82) is 0 Å². The summed E-state index contributed by atoms with van der Waals surface area (Å²) in [5.74, 6) is -0.0728. The molecule has 0 heterocycles. The number of aliphatic hydroxyl groups excluding tert-OH is 2. The van der Waals surface area contributed by atoms with E-state index >= 15 is 0 Å². The van der Waals surface area contributed by atoms with E-state index in [2.05, 4.69) is 31.3 Å². The molecule has 0 aliphatic heterocycles. The van der Waals surface area contributed by atoms with Crippen molar-refractivity contribution in [1.82, 2.24) is 5.32 Å². The summed E-state index contributed by atoms with van der Waals surface area (Å²) >= 11 is 0. The van der Waals surface area contributed by atoms with Crippen molar-refractivity contribution in [3.8, 4) is 0 Å². The summed E-state index contributed by atoms with van der Waals surface area (Å²) in [5, 5.41) is 23.0. The first-order chi connectivity index (χ1) is 27.2. The van der Waals surface area contributed by atoms with Crippen LogP contribution in [0.4, 0.5) is 0 Å². The molecular formula is C51H99NO3. The van der Waals surface area contributed by atoms with E-state index in [1.54, 1.807) is 6.08 Å². The van der Waals surface area contributed by atoms with Crippen LogP contribution in [0, 0.1) is 0 Å². The molecule has 0 radical (unpaired) electrons. The minimum absolute atomic E-state index is 0.0728. The zero-order valence-electron chi connectivity index (χ0n) is 37.5. The van der Waals surface area contributed by atoms with Gasteiger partial charge in [-0.25, -0.2) is 0 Å². The van der Waals surface area contributed by atoms with Gasteiger partial charge in [0.1, 0.15) is 0 Å². The summed E-state index contributed by atoms with van der Waals surface area (Å²) in [4.78, 5) is 12.3. The Balaban J connectivity index is 3.45. The van der Waals surface area contributed by atoms with Crippen LogP contribution in [0.15, 0.2) is 24.3 Å². The number of hydrogen-bond donors (Lipinski definition) is 3. The van der Waals surface area contributed by atoms with Gasteiger partial charge < -0.3 is 15.5 Å². The maximum Gasteiger partial charge on any atom is 0.220 e. The molecule has 0 spiro atoms. The number of rotatable bonds is 46. The number of carbonyl (C=O) groups excluding carboxylic acids is 1. The van der Waals surface area contributed by atoms with Gasteiger partial charge in [0.25, 0.3) is 0 Å². The van der Waals surface area contributed by atoms with Crippen LogP contribution in [0.25, 0.3) is 0 Å². The van der Waals surface area contributed by atoms with Gasteiger partial charge in [-0.05, 0) is 32.1 Å². The molecule has 0 aromatic heterocycles. The fourth-order valence-corrected chi connectivity index (χ4v) is 7.84. The summed E-state index contributed by atoms with van der Waals surface area (Å²) < 4.78 is 0. The second-order valence-electron chi connectivity index (χ2n) is 17.2. The molecule has 55 heavy (non-hydrogen) atoms. The van der Waals surface area contributed by atoms with Crippen LogP contribution in [0.5, 0.6) is 0 Å². The van der Waals surface area contributed by atoms with Gasteiger partial charge in [-0.2, -0.15) is 0 Å². The molecule has 2 unspecified atom stereocenters. The van der Waals surface area contributed by atoms with E-state index in [0.29, 0.717) is 6.42 Å². The van der Waals surface area contributed by atoms with Crippen molar-refractivity contribution in [2.24, 2.45) is 0 Å². The van der Waals surface area contributed by atoms with Crippen molar-refractivity contribution in [3.63, 3.8) is 0 Å². The molecule has 0 aromatic carbocycles. The third-order valence-corrected chi connectivity index (χ3v) is 11.7. The number of nitrogens with one attached hydrogen (secondary N) is 1. The minimum atomic E-state index is -0.858. The summed E-state index contributed by atoms with van der Waals surface area (Å²) in [6.07, 6.45) is 61.9. The molecule has 1 amide bonds. The van der Waals surface area contributed by atoms with Crippen LogP contribution in [0.3, 0.4) is 0 Å². The van der Waals surface area contributed by atoms with Crippen LogP contribution in [0.1, 0.15) is 277 Å². The SMILES string of the molecule is CCCCCCCCCCCCCCCCCCCCCCCCCCCC/C=C/CC/C=C/C(O)C(CO)NC(=O)CCCCCCCCCCCCC. The van der Waals surface area contributed by atoms with Gasteiger partial charge in [-0.3, -0.25) is 4.79 Å². The quantitative estimate of drug-likeness (QED) is 0.0426. The second kappa shape index (κ2) is 47.2. The first kappa shape index (κ1) is 53.9. The molecule has 0 aliphatic carbocycles. The average molecular weight is 774 g/mol. The molecule has 0 saturated heterocycles. The molecule has 4 heteroatoms. The number of amides is 1. The predicted molar refractivity (Wildman–Crippen MR) is 244 cm³/mol. The molecule has 3 N–H and O–H groups in total. The fraction of sp³-hybridized carbons (Fsp3) is 0.902. The Morgan fingerprint density at radius 3 is 1.05 bits per heavy atom. The number of hydrogen-bond acceptors (Lipinski definition) is 3. The molecule has 2 atom stereocenters. The Hall–Kier alpha value is -1.13. The van der Waals surface area contributed by atoms with E-state index in [1.807, 2.05) is 6.08 Å². The summed E-state index contributed by atoms with van der Waals surface area (Å²) in [5.41, 5.74) is 0. The third-order valence-electron chi connectivity index (χ3n) is 11.7. The highest BCUT2D eigenvalue weighted by molar-refractivity contribution is 5.76. The Morgan fingerprint density at radius 1 is 0.418 bits per heavy atom. The molecule has 0 saturated carbocycles. The number of carbonyl (C=O) groups is 1. The first-order valence-electron chi connectivity index (χ1n) is 25.1. The highest BCUT2D eigenvalue weighted by atomic mass is 16.3. The summed E-state index contributed by atoms with van der Waals surface area (Å²) in [6, 6.07) is -0.634.